The highest BCUT2D eigenvalue weighted by atomic mass is 16.5. The summed E-state index contributed by atoms with van der Waals surface area (Å²) in [6.45, 7) is 11.7. The molecule has 0 saturated heterocycles. The van der Waals surface area contributed by atoms with Crippen LogP contribution in [0.4, 0.5) is 0 Å². The molecule has 232 valence electrons. The van der Waals surface area contributed by atoms with Gasteiger partial charge >= 0.3 is 0 Å². The number of nitrogens with zero attached hydrogens (tertiary/aromatic N) is 2. The topological polar surface area (TPSA) is 71.5 Å². The minimum absolute atomic E-state index is 0.00869. The second-order valence-corrected chi connectivity index (χ2v) is 12.1. The summed E-state index contributed by atoms with van der Waals surface area (Å²) in [6, 6.07) is 25.3. The van der Waals surface area contributed by atoms with Crippen LogP contribution in [0.1, 0.15) is 87.8 Å². The molecule has 44 heavy (non-hydrogen) atoms. The SMILES string of the molecule is CCCCc1ccc2nc(-c3ccc(OC)cc3)cc(C(=O)NC(C(=O)CCCN(C(C)C)C(C)C)c3ccccc3)c2c1. The molecule has 0 saturated carbocycles. The first kappa shape index (κ1) is 32.9. The molecule has 6 nitrogen and oxygen atoms in total. The number of carbonyl (C=O) groups is 2. The number of ketones is 1. The van der Waals surface area contributed by atoms with Gasteiger partial charge in [0.25, 0.3) is 5.91 Å². The Morgan fingerprint density at radius 1 is 0.886 bits per heavy atom. The van der Waals surface area contributed by atoms with E-state index in [2.05, 4.69) is 57.0 Å². The number of benzene rings is 3. The van der Waals surface area contributed by atoms with Crippen LogP contribution >= 0.6 is 0 Å². The highest BCUT2D eigenvalue weighted by Gasteiger charge is 2.25. The van der Waals surface area contributed by atoms with Crippen molar-refractivity contribution in [2.45, 2.75) is 84.8 Å². The van der Waals surface area contributed by atoms with Crippen LogP contribution in [0, 0.1) is 0 Å². The van der Waals surface area contributed by atoms with Gasteiger partial charge in [-0.05, 0) is 107 Å². The number of unbranched alkanes of at least 4 members (excludes halogenated alkanes) is 1. The Kier molecular flexibility index (Phi) is 11.7. The van der Waals surface area contributed by atoms with E-state index in [1.807, 2.05) is 66.7 Å². The average Bonchev–Trinajstić information content (AvgIpc) is 3.03. The van der Waals surface area contributed by atoms with Crippen molar-refractivity contribution in [3.8, 4) is 17.0 Å². The van der Waals surface area contributed by atoms with E-state index in [9.17, 15) is 9.59 Å². The van der Waals surface area contributed by atoms with Crippen LogP contribution in [-0.4, -0.2) is 47.3 Å². The number of aryl methyl sites for hydroxylation is 1. The molecular weight excluding hydrogens is 546 g/mol. The molecule has 3 aromatic carbocycles. The average molecular weight is 594 g/mol. The smallest absolute Gasteiger partial charge is 0.252 e. The van der Waals surface area contributed by atoms with E-state index in [0.29, 0.717) is 29.8 Å². The summed E-state index contributed by atoms with van der Waals surface area (Å²) >= 11 is 0. The molecule has 1 amide bonds. The summed E-state index contributed by atoms with van der Waals surface area (Å²) in [6.07, 6.45) is 4.20. The third-order valence-electron chi connectivity index (χ3n) is 8.22. The van der Waals surface area contributed by atoms with Crippen molar-refractivity contribution in [3.05, 3.63) is 95.6 Å². The van der Waals surface area contributed by atoms with Crippen molar-refractivity contribution in [1.29, 1.82) is 0 Å². The Labute approximate surface area is 262 Å². The summed E-state index contributed by atoms with van der Waals surface area (Å²) in [4.78, 5) is 35.3. The first-order valence-electron chi connectivity index (χ1n) is 15.9. The standard InChI is InChI=1S/C38H47N3O3/c1-7-8-13-28-17-22-34-32(24-28)33(25-35(39-34)29-18-20-31(44-6)21-19-29)38(43)40-37(30-14-10-9-11-15-30)36(42)16-12-23-41(26(2)3)27(4)5/h9-11,14-15,17-22,24-27,37H,7-8,12-13,16,23H2,1-6H3,(H,40,43). The lowest BCUT2D eigenvalue weighted by atomic mass is 9.97. The predicted octanol–water partition coefficient (Wildman–Crippen LogP) is 8.19. The lowest BCUT2D eigenvalue weighted by Crippen LogP contribution is -2.38. The zero-order valence-electron chi connectivity index (χ0n) is 27.1. The number of hydrogen-bond donors (Lipinski definition) is 1. The van der Waals surface area contributed by atoms with Gasteiger partial charge in [-0.15, -0.1) is 0 Å². The third-order valence-corrected chi connectivity index (χ3v) is 8.22. The number of ether oxygens (including phenoxy) is 1. The molecule has 4 rings (SSSR count). The molecule has 0 spiro atoms. The van der Waals surface area contributed by atoms with E-state index in [0.717, 1.165) is 60.0 Å². The predicted molar refractivity (Wildman–Crippen MR) is 180 cm³/mol. The molecule has 1 heterocycles. The third kappa shape index (κ3) is 8.32. The second kappa shape index (κ2) is 15.6. The zero-order valence-corrected chi connectivity index (χ0v) is 27.1. The lowest BCUT2D eigenvalue weighted by molar-refractivity contribution is -0.121. The van der Waals surface area contributed by atoms with Crippen molar-refractivity contribution in [3.63, 3.8) is 0 Å². The van der Waals surface area contributed by atoms with Crippen molar-refractivity contribution in [2.24, 2.45) is 0 Å². The fourth-order valence-corrected chi connectivity index (χ4v) is 5.80. The van der Waals surface area contributed by atoms with Gasteiger partial charge in [-0.1, -0.05) is 49.7 Å². The fourth-order valence-electron chi connectivity index (χ4n) is 5.80. The molecule has 0 aliphatic heterocycles. The molecule has 0 fully saturated rings. The Hall–Kier alpha value is -4.03. The molecule has 1 atom stereocenters. The minimum Gasteiger partial charge on any atom is -0.497 e. The molecule has 0 radical (unpaired) electrons. The van der Waals surface area contributed by atoms with Crippen LogP contribution in [0.5, 0.6) is 5.75 Å². The number of methoxy groups -OCH3 is 1. The highest BCUT2D eigenvalue weighted by molar-refractivity contribution is 6.08. The molecule has 0 aliphatic rings. The number of hydrogen-bond acceptors (Lipinski definition) is 5. The highest BCUT2D eigenvalue weighted by Crippen LogP contribution is 2.28. The van der Waals surface area contributed by atoms with Gasteiger partial charge in [0.1, 0.15) is 11.8 Å². The van der Waals surface area contributed by atoms with Crippen molar-refractivity contribution >= 4 is 22.6 Å². The molecular formula is C38H47N3O3. The van der Waals surface area contributed by atoms with Crippen LogP contribution in [0.15, 0.2) is 78.9 Å². The van der Waals surface area contributed by atoms with E-state index in [-0.39, 0.29) is 11.7 Å². The Balaban J connectivity index is 1.69. The summed E-state index contributed by atoms with van der Waals surface area (Å²) in [5.74, 6) is 0.476. The van der Waals surface area contributed by atoms with Gasteiger partial charge in [0, 0.05) is 29.5 Å². The summed E-state index contributed by atoms with van der Waals surface area (Å²) in [5, 5.41) is 3.92. The van der Waals surface area contributed by atoms with Crippen LogP contribution in [0.25, 0.3) is 22.2 Å². The molecule has 6 heteroatoms. The molecule has 0 aliphatic carbocycles. The van der Waals surface area contributed by atoms with Gasteiger partial charge in [0.05, 0.1) is 23.9 Å². The van der Waals surface area contributed by atoms with E-state index in [1.54, 1.807) is 7.11 Å². The van der Waals surface area contributed by atoms with Gasteiger partial charge in [0.2, 0.25) is 0 Å². The van der Waals surface area contributed by atoms with Crippen LogP contribution in [0.3, 0.4) is 0 Å². The summed E-state index contributed by atoms with van der Waals surface area (Å²) < 4.78 is 5.34. The number of pyridine rings is 1. The quantitative estimate of drug-likeness (QED) is 0.150. The Morgan fingerprint density at radius 2 is 1.59 bits per heavy atom. The monoisotopic (exact) mass is 593 g/mol. The summed E-state index contributed by atoms with van der Waals surface area (Å²) in [5.41, 5.74) is 4.78. The number of nitrogens with one attached hydrogen (secondary N) is 1. The van der Waals surface area contributed by atoms with Crippen LogP contribution < -0.4 is 10.1 Å². The number of rotatable bonds is 15. The lowest BCUT2D eigenvalue weighted by Gasteiger charge is -2.30. The zero-order chi connectivity index (χ0) is 31.6. The molecule has 1 N–H and O–H groups in total. The normalized spacial score (nSPS) is 12.2. The largest absolute Gasteiger partial charge is 0.497 e. The van der Waals surface area contributed by atoms with Gasteiger partial charge in [-0.2, -0.15) is 0 Å². The van der Waals surface area contributed by atoms with Crippen molar-refractivity contribution < 1.29 is 14.3 Å². The molecule has 4 aromatic rings. The second-order valence-electron chi connectivity index (χ2n) is 12.1. The van der Waals surface area contributed by atoms with E-state index >= 15 is 0 Å². The Morgan fingerprint density at radius 3 is 2.23 bits per heavy atom. The molecule has 1 unspecified atom stereocenters. The number of aromatic nitrogens is 1. The minimum atomic E-state index is -0.744. The maximum Gasteiger partial charge on any atom is 0.252 e. The first-order chi connectivity index (χ1) is 21.2. The van der Waals surface area contributed by atoms with Crippen LogP contribution in [-0.2, 0) is 11.2 Å². The van der Waals surface area contributed by atoms with Crippen LogP contribution in [0.2, 0.25) is 0 Å². The number of fused-ring (bicyclic) bond motifs is 1. The number of carbonyl (C=O) groups excluding carboxylic acids is 2. The molecule has 0 bridgehead atoms. The first-order valence-corrected chi connectivity index (χ1v) is 15.9. The maximum atomic E-state index is 14.2. The van der Waals surface area contributed by atoms with Gasteiger partial charge in [-0.3, -0.25) is 14.5 Å². The van der Waals surface area contributed by atoms with Gasteiger partial charge in [-0.25, -0.2) is 4.98 Å². The molecule has 1 aromatic heterocycles. The van der Waals surface area contributed by atoms with Gasteiger partial charge < -0.3 is 10.1 Å². The summed E-state index contributed by atoms with van der Waals surface area (Å²) in [7, 11) is 1.64. The maximum absolute atomic E-state index is 14.2. The van der Waals surface area contributed by atoms with Gasteiger partial charge in [0.15, 0.2) is 5.78 Å². The van der Waals surface area contributed by atoms with Crippen molar-refractivity contribution in [1.82, 2.24) is 15.2 Å². The van der Waals surface area contributed by atoms with Crippen molar-refractivity contribution in [2.75, 3.05) is 13.7 Å². The Bertz CT molecular complexity index is 1520. The fraction of sp³-hybridized carbons (Fsp3) is 0.395. The number of amides is 1. The van der Waals surface area contributed by atoms with E-state index in [1.165, 1.54) is 5.56 Å². The van der Waals surface area contributed by atoms with E-state index < -0.39 is 6.04 Å². The number of Topliss-reactive ketones (excluding diaryl/α,β-unsaturated/α-hetero) is 1. The van der Waals surface area contributed by atoms with E-state index in [4.69, 9.17) is 9.72 Å².